The van der Waals surface area contributed by atoms with Gasteiger partial charge >= 0.3 is 0 Å². The lowest BCUT2D eigenvalue weighted by Gasteiger charge is -2.34. The summed E-state index contributed by atoms with van der Waals surface area (Å²) in [5, 5.41) is 0.00659. The molecular weight excluding hydrogens is 502 g/mol. The van der Waals surface area contributed by atoms with Crippen LogP contribution in [0.1, 0.15) is 0 Å². The molecule has 4 atom stereocenters. The molecule has 0 aromatic heterocycles. The number of anilines is 1. The number of halogens is 7. The van der Waals surface area contributed by atoms with E-state index < -0.39 is 37.7 Å². The van der Waals surface area contributed by atoms with Gasteiger partial charge in [0.25, 0.3) is 0 Å². The number of methoxy groups -OCH3 is 1. The Hall–Kier alpha value is -0.0700. The first kappa shape index (κ1) is 20.2. The number of amides is 2. The first-order valence-corrected chi connectivity index (χ1v) is 10.1. The predicted molar refractivity (Wildman–Crippen MR) is 108 cm³/mol. The maximum atomic E-state index is 13.3. The number of hydrogen-bond acceptors (Lipinski definition) is 3. The van der Waals surface area contributed by atoms with Gasteiger partial charge in [0.2, 0.25) is 11.8 Å². The molecule has 4 nitrogen and oxygen atoms in total. The van der Waals surface area contributed by atoms with Crippen LogP contribution >= 0.6 is 81.2 Å². The molecule has 2 fully saturated rings. The Kier molecular flexibility index (Phi) is 4.47. The summed E-state index contributed by atoms with van der Waals surface area (Å²) in [6.45, 7) is 0. The van der Waals surface area contributed by atoms with Crippen LogP contribution in [-0.2, 0) is 9.59 Å². The molecule has 0 unspecified atom stereocenters. The first-order chi connectivity index (χ1) is 12.5. The number of ether oxygens (including phenoxy) is 1. The van der Waals surface area contributed by atoms with Gasteiger partial charge in [-0.25, -0.2) is 4.90 Å². The van der Waals surface area contributed by atoms with E-state index in [0.29, 0.717) is 5.02 Å². The number of nitrogens with zero attached hydrogens (tertiary/aromatic N) is 1. The molecular formula is C16H8Cl7NO3. The van der Waals surface area contributed by atoms with Crippen molar-refractivity contribution in [3.05, 3.63) is 33.3 Å². The van der Waals surface area contributed by atoms with Gasteiger partial charge in [-0.2, -0.15) is 0 Å². The van der Waals surface area contributed by atoms with Gasteiger partial charge in [0.1, 0.15) is 15.5 Å². The fraction of sp³-hybridized carbons (Fsp3) is 0.375. The molecule has 1 heterocycles. The monoisotopic (exact) mass is 507 g/mol. The maximum Gasteiger partial charge on any atom is 0.240 e. The van der Waals surface area contributed by atoms with Gasteiger partial charge in [0.05, 0.1) is 34.7 Å². The lowest BCUT2D eigenvalue weighted by Crippen LogP contribution is -2.50. The Morgan fingerprint density at radius 2 is 1.41 bits per heavy atom. The van der Waals surface area contributed by atoms with Crippen molar-refractivity contribution in [3.63, 3.8) is 0 Å². The molecule has 0 N–H and O–H groups in total. The molecule has 2 aliphatic carbocycles. The molecule has 0 radical (unpaired) electrons. The lowest BCUT2D eigenvalue weighted by atomic mass is 9.84. The topological polar surface area (TPSA) is 46.6 Å². The number of carbonyl (C=O) groups excluding carboxylic acids is 2. The Morgan fingerprint density at radius 3 is 1.85 bits per heavy atom. The second kappa shape index (κ2) is 5.98. The van der Waals surface area contributed by atoms with Crippen LogP contribution in [0.3, 0.4) is 0 Å². The maximum absolute atomic E-state index is 13.3. The van der Waals surface area contributed by atoms with Crippen molar-refractivity contribution in [2.45, 2.75) is 14.1 Å². The molecule has 144 valence electrons. The summed E-state index contributed by atoms with van der Waals surface area (Å²) in [5.74, 6) is -3.50. The summed E-state index contributed by atoms with van der Waals surface area (Å²) in [5.41, 5.74) is 0.149. The summed E-state index contributed by atoms with van der Waals surface area (Å²) >= 11 is 44.8. The molecule has 4 rings (SSSR count). The number of fused-ring (bicyclic) bond motifs is 5. The average molecular weight is 510 g/mol. The smallest absolute Gasteiger partial charge is 0.240 e. The fourth-order valence-electron chi connectivity index (χ4n) is 4.07. The molecule has 2 bridgehead atoms. The highest BCUT2D eigenvalue weighted by Gasteiger charge is 2.87. The summed E-state index contributed by atoms with van der Waals surface area (Å²) in [6.07, 6.45) is 0. The van der Waals surface area contributed by atoms with Gasteiger partial charge in [-0.15, -0.1) is 23.2 Å². The van der Waals surface area contributed by atoms with Crippen LogP contribution in [0.2, 0.25) is 5.02 Å². The number of benzene rings is 1. The van der Waals surface area contributed by atoms with Crippen molar-refractivity contribution >= 4 is 98.7 Å². The third-order valence-corrected chi connectivity index (χ3v) is 9.78. The lowest BCUT2D eigenvalue weighted by molar-refractivity contribution is -0.123. The third-order valence-electron chi connectivity index (χ3n) is 5.29. The third kappa shape index (κ3) is 2.06. The van der Waals surface area contributed by atoms with Crippen molar-refractivity contribution in [1.82, 2.24) is 0 Å². The van der Waals surface area contributed by atoms with Crippen LogP contribution in [0.5, 0.6) is 5.75 Å². The second-order valence-electron chi connectivity index (χ2n) is 6.41. The predicted octanol–water partition coefficient (Wildman–Crippen LogP) is 5.30. The number of allylic oxidation sites excluding steroid dienone is 2. The van der Waals surface area contributed by atoms with E-state index in [-0.39, 0.29) is 21.5 Å². The van der Waals surface area contributed by atoms with Crippen LogP contribution < -0.4 is 9.64 Å². The van der Waals surface area contributed by atoms with Crippen LogP contribution in [0.15, 0.2) is 28.3 Å². The number of imide groups is 1. The Bertz CT molecular complexity index is 902. The van der Waals surface area contributed by atoms with E-state index in [9.17, 15) is 9.59 Å². The van der Waals surface area contributed by atoms with Crippen LogP contribution in [0, 0.1) is 11.8 Å². The van der Waals surface area contributed by atoms with Gasteiger partial charge in [0.15, 0.2) is 4.33 Å². The SMILES string of the molecule is COc1ccc(Cl)cc1N1C(=O)[C@@H]2[C@H](C1=O)[C@@]1(Cl)C(Cl)=C(Cl)[C@@]2(Cl)C1(Cl)Cl. The quantitative estimate of drug-likeness (QED) is 0.401. The number of rotatable bonds is 2. The van der Waals surface area contributed by atoms with Gasteiger partial charge in [0, 0.05) is 5.02 Å². The molecule has 0 spiro atoms. The largest absolute Gasteiger partial charge is 0.495 e. The van der Waals surface area contributed by atoms with Gasteiger partial charge in [-0.3, -0.25) is 9.59 Å². The van der Waals surface area contributed by atoms with Crippen molar-refractivity contribution in [2.24, 2.45) is 11.8 Å². The highest BCUT2D eigenvalue weighted by atomic mass is 35.5. The van der Waals surface area contributed by atoms with Crippen molar-refractivity contribution in [3.8, 4) is 5.75 Å². The van der Waals surface area contributed by atoms with Crippen molar-refractivity contribution in [2.75, 3.05) is 12.0 Å². The van der Waals surface area contributed by atoms with E-state index >= 15 is 0 Å². The fourth-order valence-corrected chi connectivity index (χ4v) is 7.17. The highest BCUT2D eigenvalue weighted by molar-refractivity contribution is 6.67. The molecule has 1 aromatic carbocycles. The molecule has 11 heteroatoms. The molecule has 1 aromatic rings. The molecule has 1 aliphatic heterocycles. The summed E-state index contributed by atoms with van der Waals surface area (Å²) in [4.78, 5) is 23.8. The zero-order valence-electron chi connectivity index (χ0n) is 13.2. The molecule has 3 aliphatic rings. The minimum atomic E-state index is -1.97. The molecule has 1 saturated heterocycles. The zero-order valence-corrected chi connectivity index (χ0v) is 18.5. The van der Waals surface area contributed by atoms with E-state index in [0.717, 1.165) is 4.90 Å². The standard InChI is InChI=1S/C16H8Cl7NO3/c1-27-7-3-2-5(17)4-6(7)24-12(25)8-9(13(24)26)15(21)11(19)10(18)14(8,20)16(15,22)23/h2-4,8-9H,1H3/t8-,9+,14-,15-/m1/s1. The van der Waals surface area contributed by atoms with Crippen LogP contribution in [0.4, 0.5) is 5.69 Å². The van der Waals surface area contributed by atoms with E-state index in [1.807, 2.05) is 0 Å². The summed E-state index contributed by atoms with van der Waals surface area (Å²) in [6, 6.07) is 4.51. The van der Waals surface area contributed by atoms with E-state index in [1.54, 1.807) is 6.07 Å². The van der Waals surface area contributed by atoms with Crippen LogP contribution in [-0.4, -0.2) is 33.0 Å². The van der Waals surface area contributed by atoms with Gasteiger partial charge in [-0.1, -0.05) is 58.0 Å². The second-order valence-corrected chi connectivity index (χ2v) is 10.1. The number of alkyl halides is 4. The van der Waals surface area contributed by atoms with Gasteiger partial charge in [-0.05, 0) is 18.2 Å². The average Bonchev–Trinajstić information content (AvgIpc) is 2.99. The Labute approximate surface area is 189 Å². The minimum absolute atomic E-state index is 0.145. The molecule has 1 saturated carbocycles. The van der Waals surface area contributed by atoms with E-state index in [1.165, 1.54) is 19.2 Å². The normalized spacial score (nSPS) is 36.7. The summed E-state index contributed by atoms with van der Waals surface area (Å²) in [7, 11) is 1.40. The minimum Gasteiger partial charge on any atom is -0.495 e. The number of hydrogen-bond donors (Lipinski definition) is 0. The van der Waals surface area contributed by atoms with E-state index in [2.05, 4.69) is 0 Å². The molecule has 2 amide bonds. The Morgan fingerprint density at radius 1 is 0.926 bits per heavy atom. The van der Waals surface area contributed by atoms with E-state index in [4.69, 9.17) is 85.9 Å². The zero-order chi connectivity index (χ0) is 20.1. The van der Waals surface area contributed by atoms with Gasteiger partial charge < -0.3 is 4.74 Å². The van der Waals surface area contributed by atoms with Crippen molar-refractivity contribution < 1.29 is 14.3 Å². The Balaban J connectivity index is 1.93. The molecule has 27 heavy (non-hydrogen) atoms. The number of carbonyl (C=O) groups is 2. The highest BCUT2D eigenvalue weighted by Crippen LogP contribution is 2.77. The van der Waals surface area contributed by atoms with Crippen LogP contribution in [0.25, 0.3) is 0 Å². The summed E-state index contributed by atoms with van der Waals surface area (Å²) < 4.78 is 3.28. The first-order valence-electron chi connectivity index (χ1n) is 7.49. The van der Waals surface area contributed by atoms with Crippen molar-refractivity contribution in [1.29, 1.82) is 0 Å².